The van der Waals surface area contributed by atoms with E-state index in [1.54, 1.807) is 77.1 Å². The van der Waals surface area contributed by atoms with Crippen molar-refractivity contribution in [2.45, 2.75) is 45.8 Å². The lowest BCUT2D eigenvalue weighted by Gasteiger charge is -2.29. The van der Waals surface area contributed by atoms with Crippen LogP contribution in [0.3, 0.4) is 0 Å². The van der Waals surface area contributed by atoms with Gasteiger partial charge in [-0.15, -0.1) is 0 Å². The monoisotopic (exact) mass is 447 g/mol. The lowest BCUT2D eigenvalue weighted by atomic mass is 10.0. The Bertz CT molecular complexity index is 1050. The third-order valence-corrected chi connectivity index (χ3v) is 4.76. The second-order valence-electron chi connectivity index (χ2n) is 8.50. The Morgan fingerprint density at radius 2 is 1.63 bits per heavy atom. The second-order valence-corrected chi connectivity index (χ2v) is 9.37. The van der Waals surface area contributed by atoms with Crippen molar-refractivity contribution in [1.82, 2.24) is 0 Å². The van der Waals surface area contributed by atoms with E-state index in [1.165, 1.54) is 0 Å². The number of hydrogen-bond donors (Lipinski definition) is 1. The number of fused-ring (bicyclic) bond motifs is 1. The number of rotatable bonds is 4. The van der Waals surface area contributed by atoms with Crippen LogP contribution in [0, 0.1) is 0 Å². The van der Waals surface area contributed by atoms with Crippen LogP contribution < -0.4 is 10.1 Å². The Kier molecular flexibility index (Phi) is 5.89. The van der Waals surface area contributed by atoms with E-state index < -0.39 is 17.2 Å². The van der Waals surface area contributed by atoms with Crippen LogP contribution in [0.4, 0.5) is 5.69 Å². The summed E-state index contributed by atoms with van der Waals surface area (Å²) >= 11 is 12.2. The molecule has 0 fully saturated rings. The highest BCUT2D eigenvalue weighted by Crippen LogP contribution is 2.37. The Labute approximate surface area is 186 Å². The van der Waals surface area contributed by atoms with Crippen molar-refractivity contribution in [3.05, 3.63) is 57.6 Å². The van der Waals surface area contributed by atoms with Crippen LogP contribution in [-0.2, 0) is 14.3 Å². The largest absolute Gasteiger partial charge is 0.476 e. The number of ether oxygens (including phenoxy) is 2. The SMILES string of the molecule is CC(C)(C)OC(=O)C(C)(C)Oc1ccc(Cl)cc1/C=C1/C(=O)Nc2cc(Cl)ccc21. The molecule has 0 saturated carbocycles. The number of carbonyl (C=O) groups is 2. The molecule has 5 nitrogen and oxygen atoms in total. The minimum Gasteiger partial charge on any atom is -0.476 e. The lowest BCUT2D eigenvalue weighted by molar-refractivity contribution is -0.170. The number of amides is 1. The quantitative estimate of drug-likeness (QED) is 0.461. The molecule has 30 heavy (non-hydrogen) atoms. The molecule has 1 aliphatic rings. The molecule has 0 saturated heterocycles. The summed E-state index contributed by atoms with van der Waals surface area (Å²) < 4.78 is 11.5. The van der Waals surface area contributed by atoms with E-state index in [-0.39, 0.29) is 5.91 Å². The van der Waals surface area contributed by atoms with Crippen molar-refractivity contribution in [2.75, 3.05) is 5.32 Å². The molecule has 2 aromatic rings. The summed E-state index contributed by atoms with van der Waals surface area (Å²) in [5.41, 5.74) is 0.475. The molecule has 0 aromatic heterocycles. The van der Waals surface area contributed by atoms with E-state index in [4.69, 9.17) is 32.7 Å². The molecule has 0 spiro atoms. The molecule has 3 rings (SSSR count). The number of anilines is 1. The first-order valence-electron chi connectivity index (χ1n) is 9.41. The number of hydrogen-bond acceptors (Lipinski definition) is 4. The fraction of sp³-hybridized carbons (Fsp3) is 0.304. The summed E-state index contributed by atoms with van der Waals surface area (Å²) in [6.45, 7) is 8.64. The number of benzene rings is 2. The molecule has 0 atom stereocenters. The molecule has 1 N–H and O–H groups in total. The van der Waals surface area contributed by atoms with Crippen LogP contribution in [0.5, 0.6) is 5.75 Å². The molecule has 2 aromatic carbocycles. The zero-order valence-electron chi connectivity index (χ0n) is 17.4. The van der Waals surface area contributed by atoms with E-state index in [2.05, 4.69) is 5.32 Å². The minimum atomic E-state index is -1.25. The van der Waals surface area contributed by atoms with Crippen molar-refractivity contribution >= 4 is 52.4 Å². The zero-order valence-corrected chi connectivity index (χ0v) is 18.9. The van der Waals surface area contributed by atoms with Crippen LogP contribution >= 0.6 is 23.2 Å². The highest BCUT2D eigenvalue weighted by molar-refractivity contribution is 6.37. The predicted octanol–water partition coefficient (Wildman–Crippen LogP) is 5.99. The maximum Gasteiger partial charge on any atom is 0.350 e. The average molecular weight is 448 g/mol. The molecule has 7 heteroatoms. The molecule has 0 aliphatic carbocycles. The van der Waals surface area contributed by atoms with Crippen molar-refractivity contribution < 1.29 is 19.1 Å². The van der Waals surface area contributed by atoms with Gasteiger partial charge in [0.2, 0.25) is 0 Å². The molecule has 0 bridgehead atoms. The van der Waals surface area contributed by atoms with Gasteiger partial charge in [-0.2, -0.15) is 0 Å². The van der Waals surface area contributed by atoms with E-state index in [0.717, 1.165) is 5.56 Å². The molecule has 158 valence electrons. The molecule has 0 radical (unpaired) electrons. The standard InChI is InChI=1S/C23H23Cl2NO4/c1-22(2,3)30-21(28)23(4,5)29-19-9-7-14(24)10-13(19)11-17-16-8-6-15(25)12-18(16)26-20(17)27/h6-12H,1-5H3,(H,26,27)/b17-11+. The van der Waals surface area contributed by atoms with Crippen LogP contribution in [-0.4, -0.2) is 23.1 Å². The van der Waals surface area contributed by atoms with Gasteiger partial charge in [-0.25, -0.2) is 4.79 Å². The maximum atomic E-state index is 12.6. The number of halogens is 2. The second kappa shape index (κ2) is 7.97. The van der Waals surface area contributed by atoms with E-state index in [1.807, 2.05) is 0 Å². The van der Waals surface area contributed by atoms with Gasteiger partial charge in [0.15, 0.2) is 5.60 Å². The van der Waals surface area contributed by atoms with Crippen LogP contribution in [0.15, 0.2) is 36.4 Å². The summed E-state index contributed by atoms with van der Waals surface area (Å²) in [7, 11) is 0. The topological polar surface area (TPSA) is 64.6 Å². The summed E-state index contributed by atoms with van der Waals surface area (Å²) in [5, 5.41) is 3.80. The molecule has 1 heterocycles. The van der Waals surface area contributed by atoms with Gasteiger partial charge in [0.05, 0.1) is 5.69 Å². The first-order chi connectivity index (χ1) is 13.9. The highest BCUT2D eigenvalue weighted by Gasteiger charge is 2.35. The van der Waals surface area contributed by atoms with Crippen molar-refractivity contribution in [2.24, 2.45) is 0 Å². The smallest absolute Gasteiger partial charge is 0.350 e. The maximum absolute atomic E-state index is 12.6. The van der Waals surface area contributed by atoms with Gasteiger partial charge >= 0.3 is 5.97 Å². The summed E-state index contributed by atoms with van der Waals surface area (Å²) in [6.07, 6.45) is 1.68. The van der Waals surface area contributed by atoms with Crippen LogP contribution in [0.1, 0.15) is 45.7 Å². The van der Waals surface area contributed by atoms with E-state index >= 15 is 0 Å². The van der Waals surface area contributed by atoms with E-state index in [0.29, 0.717) is 32.6 Å². The fourth-order valence-corrected chi connectivity index (χ4v) is 3.26. The summed E-state index contributed by atoms with van der Waals surface area (Å²) in [6, 6.07) is 10.2. The summed E-state index contributed by atoms with van der Waals surface area (Å²) in [4.78, 5) is 25.1. The Morgan fingerprint density at radius 3 is 2.30 bits per heavy atom. The van der Waals surface area contributed by atoms with Crippen molar-refractivity contribution in [1.29, 1.82) is 0 Å². The molecule has 1 aliphatic heterocycles. The van der Waals surface area contributed by atoms with Crippen molar-refractivity contribution in [3.63, 3.8) is 0 Å². The van der Waals surface area contributed by atoms with Gasteiger partial charge in [0.25, 0.3) is 5.91 Å². The predicted molar refractivity (Wildman–Crippen MR) is 120 cm³/mol. The van der Waals surface area contributed by atoms with Gasteiger partial charge in [-0.3, -0.25) is 4.79 Å². The molecule has 1 amide bonds. The average Bonchev–Trinajstić information content (AvgIpc) is 2.90. The van der Waals surface area contributed by atoms with Gasteiger partial charge in [0, 0.05) is 26.7 Å². The third kappa shape index (κ3) is 4.97. The minimum absolute atomic E-state index is 0.260. The summed E-state index contributed by atoms with van der Waals surface area (Å²) in [5.74, 6) is -0.357. The molecular formula is C23H23Cl2NO4. The fourth-order valence-electron chi connectivity index (χ4n) is 2.91. The normalized spacial score (nSPS) is 15.0. The van der Waals surface area contributed by atoms with Crippen LogP contribution in [0.25, 0.3) is 11.6 Å². The van der Waals surface area contributed by atoms with Crippen LogP contribution in [0.2, 0.25) is 10.0 Å². The Morgan fingerprint density at radius 1 is 1.00 bits per heavy atom. The first kappa shape index (κ1) is 22.2. The Hall–Kier alpha value is -2.50. The number of esters is 1. The Balaban J connectivity index is 1.99. The number of nitrogens with one attached hydrogen (secondary N) is 1. The van der Waals surface area contributed by atoms with Gasteiger partial charge in [-0.05, 0) is 71.0 Å². The van der Waals surface area contributed by atoms with Gasteiger partial charge < -0.3 is 14.8 Å². The van der Waals surface area contributed by atoms with Crippen molar-refractivity contribution in [3.8, 4) is 5.75 Å². The zero-order chi connectivity index (χ0) is 22.3. The third-order valence-electron chi connectivity index (χ3n) is 4.29. The lowest BCUT2D eigenvalue weighted by Crippen LogP contribution is -2.43. The molecular weight excluding hydrogens is 425 g/mol. The molecule has 0 unspecified atom stereocenters. The van der Waals surface area contributed by atoms with Gasteiger partial charge in [0.1, 0.15) is 11.4 Å². The van der Waals surface area contributed by atoms with E-state index in [9.17, 15) is 9.59 Å². The highest BCUT2D eigenvalue weighted by atomic mass is 35.5. The van der Waals surface area contributed by atoms with Gasteiger partial charge in [-0.1, -0.05) is 29.3 Å². The first-order valence-corrected chi connectivity index (χ1v) is 10.2. The number of carbonyl (C=O) groups excluding carboxylic acids is 2.